The lowest BCUT2D eigenvalue weighted by Crippen LogP contribution is -1.98. The first kappa shape index (κ1) is 11.1. The maximum absolute atomic E-state index is 11.3. The van der Waals surface area contributed by atoms with Gasteiger partial charge in [0, 0.05) is 5.56 Å². The van der Waals surface area contributed by atoms with Crippen LogP contribution in [0, 0.1) is 0 Å². The van der Waals surface area contributed by atoms with Crippen molar-refractivity contribution in [2.75, 3.05) is 7.11 Å². The van der Waals surface area contributed by atoms with Crippen molar-refractivity contribution in [3.05, 3.63) is 40.2 Å². The van der Waals surface area contributed by atoms with Gasteiger partial charge in [-0.3, -0.25) is 0 Å². The summed E-state index contributed by atoms with van der Waals surface area (Å²) in [4.78, 5) is 11.7. The van der Waals surface area contributed by atoms with Crippen LogP contribution in [0.1, 0.15) is 9.67 Å². The van der Waals surface area contributed by atoms with Gasteiger partial charge in [0.15, 0.2) is 4.88 Å². The Morgan fingerprint density at radius 3 is 2.69 bits per heavy atom. The minimum atomic E-state index is -0.454. The minimum absolute atomic E-state index is 0.336. The first-order chi connectivity index (χ1) is 7.74. The van der Waals surface area contributed by atoms with Gasteiger partial charge in [-0.15, -0.1) is 0 Å². The fourth-order valence-corrected chi connectivity index (χ4v) is 2.37. The summed E-state index contributed by atoms with van der Waals surface area (Å²) in [6.45, 7) is 0. The van der Waals surface area contributed by atoms with Crippen LogP contribution in [0.25, 0.3) is 11.3 Å². The molecule has 0 atom stereocenters. The van der Waals surface area contributed by atoms with E-state index in [2.05, 4.69) is 9.11 Å². The molecule has 2 aromatic rings. The second-order valence-electron chi connectivity index (χ2n) is 3.03. The molecule has 3 nitrogen and oxygen atoms in total. The van der Waals surface area contributed by atoms with Gasteiger partial charge in [-0.25, -0.2) is 4.79 Å². The summed E-state index contributed by atoms with van der Waals surface area (Å²) in [5.74, 6) is -0.454. The number of esters is 1. The SMILES string of the molecule is COC(=O)c1snc(-c2ccccc2)c1Cl. The average Bonchev–Trinajstić information content (AvgIpc) is 2.71. The normalized spacial score (nSPS) is 10.1. The van der Waals surface area contributed by atoms with Crippen molar-refractivity contribution < 1.29 is 9.53 Å². The van der Waals surface area contributed by atoms with E-state index in [0.29, 0.717) is 15.6 Å². The van der Waals surface area contributed by atoms with Crippen LogP contribution in [0.15, 0.2) is 30.3 Å². The number of aromatic nitrogens is 1. The molecule has 0 aliphatic rings. The Morgan fingerprint density at radius 1 is 1.38 bits per heavy atom. The smallest absolute Gasteiger partial charge is 0.351 e. The third kappa shape index (κ3) is 1.94. The van der Waals surface area contributed by atoms with E-state index in [4.69, 9.17) is 11.6 Å². The van der Waals surface area contributed by atoms with E-state index in [-0.39, 0.29) is 0 Å². The molecule has 0 bridgehead atoms. The van der Waals surface area contributed by atoms with Crippen molar-refractivity contribution in [2.45, 2.75) is 0 Å². The van der Waals surface area contributed by atoms with Crippen LogP contribution in [-0.4, -0.2) is 17.5 Å². The molecule has 5 heteroatoms. The molecule has 1 aromatic heterocycles. The molecule has 0 fully saturated rings. The van der Waals surface area contributed by atoms with Crippen molar-refractivity contribution in [2.24, 2.45) is 0 Å². The molecule has 0 aliphatic heterocycles. The Labute approximate surface area is 102 Å². The number of hydrogen-bond acceptors (Lipinski definition) is 4. The molecule has 0 radical (unpaired) electrons. The molecule has 0 N–H and O–H groups in total. The Hall–Kier alpha value is -1.39. The highest BCUT2D eigenvalue weighted by atomic mass is 35.5. The van der Waals surface area contributed by atoms with Crippen molar-refractivity contribution in [3.8, 4) is 11.3 Å². The van der Waals surface area contributed by atoms with Crippen LogP contribution < -0.4 is 0 Å². The summed E-state index contributed by atoms with van der Waals surface area (Å²) in [5.41, 5.74) is 1.51. The second-order valence-corrected chi connectivity index (χ2v) is 4.18. The fraction of sp³-hybridized carbons (Fsp3) is 0.0909. The quantitative estimate of drug-likeness (QED) is 0.772. The van der Waals surface area contributed by atoms with Gasteiger partial charge in [-0.05, 0) is 11.5 Å². The average molecular weight is 254 g/mol. The van der Waals surface area contributed by atoms with Crippen molar-refractivity contribution >= 4 is 29.1 Å². The number of carbonyl (C=O) groups is 1. The maximum Gasteiger partial charge on any atom is 0.351 e. The standard InChI is InChI=1S/C11H8ClNO2S/c1-15-11(14)10-8(12)9(13-16-10)7-5-3-2-4-6-7/h2-6H,1H3. The predicted molar refractivity (Wildman–Crippen MR) is 63.9 cm³/mol. The summed E-state index contributed by atoms with van der Waals surface area (Å²) >= 11 is 7.13. The third-order valence-corrected chi connectivity index (χ3v) is 3.36. The Morgan fingerprint density at radius 2 is 2.06 bits per heavy atom. The first-order valence-corrected chi connectivity index (χ1v) is 5.68. The lowest BCUT2D eigenvalue weighted by molar-refractivity contribution is 0.0606. The number of methoxy groups -OCH3 is 1. The van der Waals surface area contributed by atoms with Crippen LogP contribution in [0.4, 0.5) is 0 Å². The van der Waals surface area contributed by atoms with Gasteiger partial charge in [-0.1, -0.05) is 41.9 Å². The van der Waals surface area contributed by atoms with Gasteiger partial charge < -0.3 is 4.74 Å². The molecule has 1 heterocycles. The maximum atomic E-state index is 11.3. The van der Waals surface area contributed by atoms with Crippen molar-refractivity contribution in [3.63, 3.8) is 0 Å². The number of carbonyl (C=O) groups excluding carboxylic acids is 1. The number of nitrogens with zero attached hydrogens (tertiary/aromatic N) is 1. The van der Waals surface area contributed by atoms with Crippen LogP contribution in [0.5, 0.6) is 0 Å². The van der Waals surface area contributed by atoms with Gasteiger partial charge in [-0.2, -0.15) is 4.37 Å². The number of benzene rings is 1. The third-order valence-electron chi connectivity index (χ3n) is 2.05. The summed E-state index contributed by atoms with van der Waals surface area (Å²) in [5, 5.41) is 0.350. The zero-order valence-corrected chi connectivity index (χ0v) is 10.0. The van der Waals surface area contributed by atoms with Gasteiger partial charge in [0.2, 0.25) is 0 Å². The van der Waals surface area contributed by atoms with E-state index in [0.717, 1.165) is 17.1 Å². The van der Waals surface area contributed by atoms with E-state index < -0.39 is 5.97 Å². The van der Waals surface area contributed by atoms with Crippen LogP contribution in [-0.2, 0) is 4.74 Å². The van der Waals surface area contributed by atoms with Crippen LogP contribution >= 0.6 is 23.1 Å². The Balaban J connectivity index is 2.45. The molecular weight excluding hydrogens is 246 g/mol. The topological polar surface area (TPSA) is 39.2 Å². The van der Waals surface area contributed by atoms with E-state index in [1.165, 1.54) is 7.11 Å². The Bertz CT molecular complexity index is 510. The lowest BCUT2D eigenvalue weighted by atomic mass is 10.1. The number of halogens is 1. The fourth-order valence-electron chi connectivity index (χ4n) is 1.27. The van der Waals surface area contributed by atoms with Gasteiger partial charge in [0.05, 0.1) is 12.1 Å². The van der Waals surface area contributed by atoms with Gasteiger partial charge in [0.1, 0.15) is 5.69 Å². The summed E-state index contributed by atoms with van der Waals surface area (Å²) in [6.07, 6.45) is 0. The number of rotatable bonds is 2. The van der Waals surface area contributed by atoms with E-state index >= 15 is 0 Å². The van der Waals surface area contributed by atoms with Crippen molar-refractivity contribution in [1.82, 2.24) is 4.37 Å². The van der Waals surface area contributed by atoms with Crippen LogP contribution in [0.3, 0.4) is 0 Å². The molecule has 0 unspecified atom stereocenters. The minimum Gasteiger partial charge on any atom is -0.465 e. The van der Waals surface area contributed by atoms with E-state index in [9.17, 15) is 4.79 Å². The second kappa shape index (κ2) is 4.63. The van der Waals surface area contributed by atoms with Crippen molar-refractivity contribution in [1.29, 1.82) is 0 Å². The van der Waals surface area contributed by atoms with E-state index in [1.807, 2.05) is 30.3 Å². The molecule has 16 heavy (non-hydrogen) atoms. The number of hydrogen-bond donors (Lipinski definition) is 0. The molecule has 1 aromatic carbocycles. The molecule has 0 saturated heterocycles. The predicted octanol–water partition coefficient (Wildman–Crippen LogP) is 3.25. The molecule has 0 spiro atoms. The number of ether oxygens (including phenoxy) is 1. The zero-order chi connectivity index (χ0) is 11.5. The monoisotopic (exact) mass is 253 g/mol. The lowest BCUT2D eigenvalue weighted by Gasteiger charge is -1.97. The molecule has 0 saturated carbocycles. The summed E-state index contributed by atoms with van der Waals surface area (Å²) < 4.78 is 8.78. The van der Waals surface area contributed by atoms with E-state index in [1.54, 1.807) is 0 Å². The highest BCUT2D eigenvalue weighted by Crippen LogP contribution is 2.32. The summed E-state index contributed by atoms with van der Waals surface area (Å²) in [6, 6.07) is 9.47. The Kier molecular flexibility index (Phi) is 3.22. The largest absolute Gasteiger partial charge is 0.465 e. The zero-order valence-electron chi connectivity index (χ0n) is 8.44. The van der Waals surface area contributed by atoms with Crippen LogP contribution in [0.2, 0.25) is 5.02 Å². The van der Waals surface area contributed by atoms with Gasteiger partial charge in [0.25, 0.3) is 0 Å². The molecule has 82 valence electrons. The summed E-state index contributed by atoms with van der Waals surface area (Å²) in [7, 11) is 1.32. The molecular formula is C11H8ClNO2S. The highest BCUT2D eigenvalue weighted by molar-refractivity contribution is 7.09. The molecule has 0 amide bonds. The highest BCUT2D eigenvalue weighted by Gasteiger charge is 2.19. The first-order valence-electron chi connectivity index (χ1n) is 4.53. The molecule has 0 aliphatic carbocycles. The van der Waals surface area contributed by atoms with Gasteiger partial charge >= 0.3 is 5.97 Å². The molecule has 2 rings (SSSR count).